The average molecular weight is 424 g/mol. The van der Waals surface area contributed by atoms with Crippen molar-refractivity contribution >= 4 is 22.9 Å². The van der Waals surface area contributed by atoms with Crippen molar-refractivity contribution < 1.29 is 19.4 Å². The maximum atomic E-state index is 11.7. The Morgan fingerprint density at radius 1 is 1.32 bits per heavy atom. The van der Waals surface area contributed by atoms with E-state index in [-0.39, 0.29) is 24.1 Å². The first-order valence-electron chi connectivity index (χ1n) is 10.1. The van der Waals surface area contributed by atoms with Gasteiger partial charge in [-0.25, -0.2) is 15.0 Å². The first kappa shape index (κ1) is 20.8. The second kappa shape index (κ2) is 8.75. The summed E-state index contributed by atoms with van der Waals surface area (Å²) in [6, 6.07) is 3.01. The van der Waals surface area contributed by atoms with Gasteiger partial charge in [-0.2, -0.15) is 0 Å². The fourth-order valence-electron chi connectivity index (χ4n) is 3.58. The van der Waals surface area contributed by atoms with Gasteiger partial charge in [0.25, 0.3) is 0 Å². The topological polar surface area (TPSA) is 138 Å². The van der Waals surface area contributed by atoms with Crippen LogP contribution in [-0.2, 0) is 4.79 Å². The van der Waals surface area contributed by atoms with Crippen molar-refractivity contribution in [2.75, 3.05) is 19.4 Å². The summed E-state index contributed by atoms with van der Waals surface area (Å²) in [4.78, 5) is 25.1. The third-order valence-corrected chi connectivity index (χ3v) is 5.32. The third-order valence-electron chi connectivity index (χ3n) is 5.32. The van der Waals surface area contributed by atoms with Crippen molar-refractivity contribution in [1.29, 1.82) is 0 Å². The second-order valence-corrected chi connectivity index (χ2v) is 7.46. The van der Waals surface area contributed by atoms with Gasteiger partial charge in [-0.1, -0.05) is 0 Å². The first-order valence-corrected chi connectivity index (χ1v) is 10.1. The summed E-state index contributed by atoms with van der Waals surface area (Å²) in [5, 5.41) is 26.8. The van der Waals surface area contributed by atoms with Crippen LogP contribution in [0.3, 0.4) is 0 Å². The van der Waals surface area contributed by atoms with Gasteiger partial charge in [0, 0.05) is 14.1 Å². The maximum absolute atomic E-state index is 11.7. The molecule has 1 aliphatic carbocycles. The van der Waals surface area contributed by atoms with E-state index >= 15 is 0 Å². The van der Waals surface area contributed by atoms with Crippen LogP contribution in [0.5, 0.6) is 0 Å². The van der Waals surface area contributed by atoms with Crippen LogP contribution in [0.1, 0.15) is 36.9 Å². The third kappa shape index (κ3) is 4.38. The molecule has 10 heteroatoms. The minimum atomic E-state index is -1.22. The molecule has 0 aromatic carbocycles. The molecule has 31 heavy (non-hydrogen) atoms. The van der Waals surface area contributed by atoms with Gasteiger partial charge in [0.1, 0.15) is 6.10 Å². The highest BCUT2D eigenvalue weighted by Crippen LogP contribution is 2.43. The summed E-state index contributed by atoms with van der Waals surface area (Å²) in [6.45, 7) is 0. The Bertz CT molecular complexity index is 1130. The summed E-state index contributed by atoms with van der Waals surface area (Å²) < 4.78 is 6.98. The van der Waals surface area contributed by atoms with Gasteiger partial charge < -0.3 is 29.8 Å². The molecule has 0 unspecified atom stereocenters. The molecule has 10 nitrogen and oxygen atoms in total. The van der Waals surface area contributed by atoms with E-state index in [0.29, 0.717) is 22.7 Å². The van der Waals surface area contributed by atoms with Crippen molar-refractivity contribution in [3.8, 4) is 11.8 Å². The van der Waals surface area contributed by atoms with Crippen molar-refractivity contribution in [2.45, 2.75) is 37.5 Å². The van der Waals surface area contributed by atoms with Crippen molar-refractivity contribution in [3.05, 3.63) is 36.3 Å². The normalized spacial score (nSPS) is 16.3. The van der Waals surface area contributed by atoms with Crippen LogP contribution in [-0.4, -0.2) is 61.9 Å². The van der Waals surface area contributed by atoms with Gasteiger partial charge in [-0.05, 0) is 42.7 Å². The molecule has 162 valence electrons. The van der Waals surface area contributed by atoms with E-state index in [4.69, 9.17) is 4.42 Å². The van der Waals surface area contributed by atoms with Gasteiger partial charge >= 0.3 is 0 Å². The molecule has 3 atom stereocenters. The lowest BCUT2D eigenvalue weighted by molar-refractivity contribution is -0.125. The Kier molecular flexibility index (Phi) is 5.88. The number of amides is 1. The number of anilines is 1. The SMILES string of the molecule is CNC(=O)C[C@@H](O)[C@@H](O)[C@@H](C1CC1)n1cnc2c(NC)nc(C#Cc3ccco3)nc21. The molecular formula is C21H24N6O4. The van der Waals surface area contributed by atoms with E-state index in [1.807, 2.05) is 0 Å². The Morgan fingerprint density at radius 3 is 2.77 bits per heavy atom. The number of nitrogens with zero attached hydrogens (tertiary/aromatic N) is 4. The monoisotopic (exact) mass is 424 g/mol. The highest BCUT2D eigenvalue weighted by atomic mass is 16.3. The molecule has 3 aromatic rings. The quantitative estimate of drug-likeness (QED) is 0.406. The van der Waals surface area contributed by atoms with E-state index in [1.54, 1.807) is 30.1 Å². The summed E-state index contributed by atoms with van der Waals surface area (Å²) in [7, 11) is 3.22. The molecule has 3 heterocycles. The molecule has 0 bridgehead atoms. The minimum Gasteiger partial charge on any atom is -0.456 e. The number of carbonyl (C=O) groups excluding carboxylic acids is 1. The van der Waals surface area contributed by atoms with E-state index in [2.05, 4.69) is 37.4 Å². The lowest BCUT2D eigenvalue weighted by Gasteiger charge is -2.28. The van der Waals surface area contributed by atoms with Crippen LogP contribution in [0.4, 0.5) is 5.82 Å². The van der Waals surface area contributed by atoms with Crippen LogP contribution < -0.4 is 10.6 Å². The number of nitrogens with one attached hydrogen (secondary N) is 2. The maximum Gasteiger partial charge on any atom is 0.222 e. The highest BCUT2D eigenvalue weighted by molar-refractivity contribution is 5.83. The standard InChI is InChI=1S/C21H24N6O4/c1-22-16(29)10-14(28)19(30)18(12-5-6-12)27-11-24-17-20(23-2)25-15(26-21(17)27)8-7-13-4-3-9-31-13/h3-4,9,11-12,14,18-19,28,30H,5-6,10H2,1-2H3,(H,22,29)(H,23,25,26)/t14-,18-,19-/m1/s1. The van der Waals surface area contributed by atoms with Gasteiger partial charge in [0.05, 0.1) is 31.2 Å². The zero-order chi connectivity index (χ0) is 22.0. The van der Waals surface area contributed by atoms with Crippen LogP contribution in [0.25, 0.3) is 11.2 Å². The second-order valence-electron chi connectivity index (χ2n) is 7.46. The summed E-state index contributed by atoms with van der Waals surface area (Å²) >= 11 is 0. The van der Waals surface area contributed by atoms with Crippen LogP contribution >= 0.6 is 0 Å². The Morgan fingerprint density at radius 2 is 2.13 bits per heavy atom. The zero-order valence-corrected chi connectivity index (χ0v) is 17.2. The Labute approximate surface area is 178 Å². The van der Waals surface area contributed by atoms with Crippen molar-refractivity contribution in [2.24, 2.45) is 5.92 Å². The number of imidazole rings is 1. The van der Waals surface area contributed by atoms with Gasteiger partial charge in [-0.3, -0.25) is 4.79 Å². The fraction of sp³-hybridized carbons (Fsp3) is 0.429. The number of carbonyl (C=O) groups is 1. The fourth-order valence-corrected chi connectivity index (χ4v) is 3.58. The number of hydrogen-bond donors (Lipinski definition) is 4. The molecular weight excluding hydrogens is 400 g/mol. The number of furan rings is 1. The lowest BCUT2D eigenvalue weighted by Crippen LogP contribution is -2.39. The molecule has 1 fully saturated rings. The molecule has 0 saturated heterocycles. The predicted molar refractivity (Wildman–Crippen MR) is 112 cm³/mol. The number of fused-ring (bicyclic) bond motifs is 1. The molecule has 3 aromatic heterocycles. The van der Waals surface area contributed by atoms with Crippen LogP contribution in [0.15, 0.2) is 29.1 Å². The predicted octanol–water partition coefficient (Wildman–Crippen LogP) is 0.670. The number of aliphatic hydroxyl groups excluding tert-OH is 2. The van der Waals surface area contributed by atoms with Gasteiger partial charge in [0.2, 0.25) is 11.7 Å². The molecule has 4 rings (SSSR count). The molecule has 4 N–H and O–H groups in total. The summed E-state index contributed by atoms with van der Waals surface area (Å²) in [5.41, 5.74) is 1.02. The van der Waals surface area contributed by atoms with E-state index in [0.717, 1.165) is 12.8 Å². The lowest BCUT2D eigenvalue weighted by atomic mass is 9.98. The smallest absolute Gasteiger partial charge is 0.222 e. The van der Waals surface area contributed by atoms with Crippen LogP contribution in [0, 0.1) is 17.8 Å². The summed E-state index contributed by atoms with van der Waals surface area (Å²) in [6.07, 6.45) is 2.37. The van der Waals surface area contributed by atoms with E-state index in [1.165, 1.54) is 13.3 Å². The summed E-state index contributed by atoms with van der Waals surface area (Å²) in [5.74, 6) is 6.83. The van der Waals surface area contributed by atoms with Gasteiger partial charge in [0.15, 0.2) is 22.7 Å². The number of rotatable bonds is 7. The highest BCUT2D eigenvalue weighted by Gasteiger charge is 2.41. The number of aliphatic hydroxyl groups is 2. The molecule has 0 aliphatic heterocycles. The van der Waals surface area contributed by atoms with E-state index < -0.39 is 18.2 Å². The molecule has 1 saturated carbocycles. The molecule has 1 aliphatic rings. The Hall–Kier alpha value is -3.42. The largest absolute Gasteiger partial charge is 0.456 e. The first-order chi connectivity index (χ1) is 15.0. The number of aromatic nitrogens is 4. The minimum absolute atomic E-state index is 0.150. The Balaban J connectivity index is 1.73. The van der Waals surface area contributed by atoms with E-state index in [9.17, 15) is 15.0 Å². The molecule has 1 amide bonds. The van der Waals surface area contributed by atoms with Crippen molar-refractivity contribution in [1.82, 2.24) is 24.8 Å². The zero-order valence-electron chi connectivity index (χ0n) is 17.2. The van der Waals surface area contributed by atoms with Crippen LogP contribution in [0.2, 0.25) is 0 Å². The van der Waals surface area contributed by atoms with Gasteiger partial charge in [-0.15, -0.1) is 0 Å². The molecule has 0 spiro atoms. The number of hydrogen-bond acceptors (Lipinski definition) is 8. The van der Waals surface area contributed by atoms with Crippen molar-refractivity contribution in [3.63, 3.8) is 0 Å². The average Bonchev–Trinajstić information content (AvgIpc) is 3.30. The molecule has 0 radical (unpaired) electrons.